The Morgan fingerprint density at radius 1 is 1.21 bits per heavy atom. The Morgan fingerprint density at radius 3 is 2.69 bits per heavy atom. The van der Waals surface area contributed by atoms with E-state index in [0.29, 0.717) is 23.7 Å². The van der Waals surface area contributed by atoms with Gasteiger partial charge in [0.1, 0.15) is 18.3 Å². The van der Waals surface area contributed by atoms with Crippen LogP contribution in [-0.4, -0.2) is 46.0 Å². The Hall–Kier alpha value is -2.80. The summed E-state index contributed by atoms with van der Waals surface area (Å²) in [6, 6.07) is 5.31. The molecule has 3 heterocycles. The smallest absolute Gasteiger partial charge is 0.133 e. The van der Waals surface area contributed by atoms with Crippen LogP contribution in [0.1, 0.15) is 12.8 Å². The van der Waals surface area contributed by atoms with Crippen molar-refractivity contribution >= 4 is 16.6 Å². The van der Waals surface area contributed by atoms with Gasteiger partial charge in [-0.3, -0.25) is 4.68 Å². The number of piperidine rings is 1. The van der Waals surface area contributed by atoms with Crippen molar-refractivity contribution in [1.29, 1.82) is 0 Å². The second-order valence-corrected chi connectivity index (χ2v) is 7.61. The lowest BCUT2D eigenvalue weighted by Gasteiger charge is -2.32. The second-order valence-electron chi connectivity index (χ2n) is 7.61. The van der Waals surface area contributed by atoms with Gasteiger partial charge in [0, 0.05) is 48.6 Å². The zero-order valence-corrected chi connectivity index (χ0v) is 16.5. The van der Waals surface area contributed by atoms with E-state index in [-0.39, 0.29) is 12.5 Å². The van der Waals surface area contributed by atoms with Crippen LogP contribution in [-0.2, 0) is 7.05 Å². The average Bonchev–Trinajstić information content (AvgIpc) is 3.15. The van der Waals surface area contributed by atoms with Gasteiger partial charge in [-0.05, 0) is 55.1 Å². The SMILES string of the molecule is C=C(Nc1cc2cc(-c3cnn(C)c3)cc(F)c2cn1)C1CCN(CCF)CC1. The van der Waals surface area contributed by atoms with Crippen molar-refractivity contribution in [1.82, 2.24) is 19.7 Å². The number of likely N-dealkylation sites (tertiary alicyclic amines) is 1. The fraction of sp³-hybridized carbons (Fsp3) is 0.364. The van der Waals surface area contributed by atoms with E-state index in [4.69, 9.17) is 0 Å². The molecule has 152 valence electrons. The number of aryl methyl sites for hydroxylation is 1. The van der Waals surface area contributed by atoms with E-state index in [0.717, 1.165) is 48.1 Å². The van der Waals surface area contributed by atoms with E-state index < -0.39 is 0 Å². The summed E-state index contributed by atoms with van der Waals surface area (Å²) < 4.78 is 28.8. The number of anilines is 1. The molecule has 5 nitrogen and oxygen atoms in total. The predicted octanol–water partition coefficient (Wildman–Crippen LogP) is 4.38. The van der Waals surface area contributed by atoms with Gasteiger partial charge in [0.2, 0.25) is 0 Å². The van der Waals surface area contributed by atoms with Crippen LogP contribution < -0.4 is 5.32 Å². The highest BCUT2D eigenvalue weighted by Gasteiger charge is 2.21. The first-order chi connectivity index (χ1) is 14.0. The topological polar surface area (TPSA) is 46.0 Å². The van der Waals surface area contributed by atoms with Crippen molar-refractivity contribution in [2.24, 2.45) is 13.0 Å². The highest BCUT2D eigenvalue weighted by molar-refractivity contribution is 5.89. The molecule has 29 heavy (non-hydrogen) atoms. The van der Waals surface area contributed by atoms with Gasteiger partial charge in [0.15, 0.2) is 0 Å². The summed E-state index contributed by atoms with van der Waals surface area (Å²) >= 11 is 0. The van der Waals surface area contributed by atoms with Crippen LogP contribution in [0.3, 0.4) is 0 Å². The van der Waals surface area contributed by atoms with Crippen LogP contribution in [0.4, 0.5) is 14.6 Å². The molecule has 2 aromatic heterocycles. The minimum atomic E-state index is -0.306. The van der Waals surface area contributed by atoms with E-state index >= 15 is 0 Å². The van der Waals surface area contributed by atoms with Gasteiger partial charge >= 0.3 is 0 Å². The van der Waals surface area contributed by atoms with Gasteiger partial charge in [-0.25, -0.2) is 13.8 Å². The summed E-state index contributed by atoms with van der Waals surface area (Å²) in [7, 11) is 1.83. The van der Waals surface area contributed by atoms with Gasteiger partial charge in [-0.2, -0.15) is 5.10 Å². The molecule has 0 bridgehead atoms. The lowest BCUT2D eigenvalue weighted by Crippen LogP contribution is -2.36. The number of hydrogen-bond acceptors (Lipinski definition) is 4. The molecule has 1 aliphatic heterocycles. The number of nitrogens with one attached hydrogen (secondary N) is 1. The van der Waals surface area contributed by atoms with Crippen LogP contribution in [0.2, 0.25) is 0 Å². The van der Waals surface area contributed by atoms with Crippen molar-refractivity contribution in [2.75, 3.05) is 31.6 Å². The molecule has 3 aromatic rings. The summed E-state index contributed by atoms with van der Waals surface area (Å²) in [5.41, 5.74) is 2.55. The van der Waals surface area contributed by atoms with E-state index in [1.54, 1.807) is 17.1 Å². The minimum absolute atomic E-state index is 0.303. The fourth-order valence-corrected chi connectivity index (χ4v) is 3.91. The van der Waals surface area contributed by atoms with Crippen molar-refractivity contribution < 1.29 is 8.78 Å². The number of nitrogens with zero attached hydrogens (tertiary/aromatic N) is 4. The Morgan fingerprint density at radius 2 is 2.00 bits per heavy atom. The summed E-state index contributed by atoms with van der Waals surface area (Å²) in [5.74, 6) is 0.665. The zero-order chi connectivity index (χ0) is 20.4. The number of halogens is 2. The highest BCUT2D eigenvalue weighted by atomic mass is 19.1. The van der Waals surface area contributed by atoms with Crippen molar-refractivity contribution in [3.05, 3.63) is 54.9 Å². The lowest BCUT2D eigenvalue weighted by molar-refractivity contribution is 0.186. The maximum absolute atomic E-state index is 14.6. The third-order valence-electron chi connectivity index (χ3n) is 5.59. The maximum Gasteiger partial charge on any atom is 0.133 e. The van der Waals surface area contributed by atoms with E-state index in [9.17, 15) is 8.78 Å². The largest absolute Gasteiger partial charge is 0.344 e. The number of hydrogen-bond donors (Lipinski definition) is 1. The monoisotopic (exact) mass is 397 g/mol. The van der Waals surface area contributed by atoms with Gasteiger partial charge in [0.05, 0.1) is 6.20 Å². The third-order valence-corrected chi connectivity index (χ3v) is 5.59. The fourth-order valence-electron chi connectivity index (χ4n) is 3.91. The van der Waals surface area contributed by atoms with Crippen molar-refractivity contribution in [3.8, 4) is 11.1 Å². The van der Waals surface area contributed by atoms with Crippen LogP contribution in [0, 0.1) is 11.7 Å². The molecule has 1 aliphatic rings. The van der Waals surface area contributed by atoms with E-state index in [1.807, 2.05) is 25.4 Å². The zero-order valence-electron chi connectivity index (χ0n) is 16.5. The number of aromatic nitrogens is 3. The number of alkyl halides is 1. The molecule has 1 N–H and O–H groups in total. The molecular formula is C22H25F2N5. The third kappa shape index (κ3) is 4.29. The molecule has 0 atom stereocenters. The van der Waals surface area contributed by atoms with E-state index in [2.05, 4.69) is 26.9 Å². The van der Waals surface area contributed by atoms with Crippen molar-refractivity contribution in [3.63, 3.8) is 0 Å². The molecule has 7 heteroatoms. The van der Waals surface area contributed by atoms with Crippen LogP contribution in [0.15, 0.2) is 49.1 Å². The predicted molar refractivity (Wildman–Crippen MR) is 112 cm³/mol. The Kier molecular flexibility index (Phi) is 5.58. The van der Waals surface area contributed by atoms with Crippen LogP contribution in [0.25, 0.3) is 21.9 Å². The van der Waals surface area contributed by atoms with Crippen molar-refractivity contribution in [2.45, 2.75) is 12.8 Å². The second kappa shape index (κ2) is 8.29. The first kappa shape index (κ1) is 19.5. The first-order valence-corrected chi connectivity index (χ1v) is 9.86. The standard InChI is InChI=1S/C22H25F2N5/c1-15(16-3-6-29(7-4-16)8-5-23)27-22-11-18-9-17(19-12-26-28(2)14-19)10-21(24)20(18)13-25-22/h9-14,16H,1,3-8H2,2H3,(H,25,27). The molecular weight excluding hydrogens is 372 g/mol. The Bertz CT molecular complexity index is 1020. The molecule has 0 amide bonds. The first-order valence-electron chi connectivity index (χ1n) is 9.86. The number of rotatable bonds is 6. The summed E-state index contributed by atoms with van der Waals surface area (Å²) in [5, 5.41) is 8.71. The van der Waals surface area contributed by atoms with Crippen LogP contribution in [0.5, 0.6) is 0 Å². The average molecular weight is 397 g/mol. The summed E-state index contributed by atoms with van der Waals surface area (Å²) in [6.07, 6.45) is 7.02. The van der Waals surface area contributed by atoms with Crippen LogP contribution >= 0.6 is 0 Å². The minimum Gasteiger partial charge on any atom is -0.344 e. The lowest BCUT2D eigenvalue weighted by atomic mass is 9.94. The van der Waals surface area contributed by atoms with Gasteiger partial charge in [-0.15, -0.1) is 0 Å². The molecule has 1 aromatic carbocycles. The molecule has 0 aliphatic carbocycles. The molecule has 4 rings (SSSR count). The number of fused-ring (bicyclic) bond motifs is 1. The number of benzene rings is 1. The van der Waals surface area contributed by atoms with Gasteiger partial charge in [0.25, 0.3) is 0 Å². The van der Waals surface area contributed by atoms with E-state index in [1.165, 1.54) is 6.07 Å². The molecule has 0 spiro atoms. The number of allylic oxidation sites excluding steroid dienone is 1. The molecule has 0 radical (unpaired) electrons. The molecule has 0 unspecified atom stereocenters. The Labute approximate surface area is 169 Å². The molecule has 1 fully saturated rings. The van der Waals surface area contributed by atoms with Gasteiger partial charge < -0.3 is 10.2 Å². The quantitative estimate of drug-likeness (QED) is 0.671. The van der Waals surface area contributed by atoms with Gasteiger partial charge in [-0.1, -0.05) is 6.58 Å². The summed E-state index contributed by atoms with van der Waals surface area (Å²) in [4.78, 5) is 6.50. The maximum atomic E-state index is 14.6. The highest BCUT2D eigenvalue weighted by Crippen LogP contribution is 2.29. The molecule has 1 saturated heterocycles. The molecule has 0 saturated carbocycles. The summed E-state index contributed by atoms with van der Waals surface area (Å²) in [6.45, 7) is 6.13. The normalized spacial score (nSPS) is 15.7. The Balaban J connectivity index is 1.51. The number of pyridine rings is 1.